The van der Waals surface area contributed by atoms with Crippen molar-refractivity contribution in [1.29, 1.82) is 0 Å². The number of nitrogens with zero attached hydrogens (tertiary/aromatic N) is 4. The number of anilines is 1. The minimum Gasteiger partial charge on any atom is -0.353 e. The number of benzene rings is 1. The largest absolute Gasteiger partial charge is 0.416 e. The van der Waals surface area contributed by atoms with Crippen LogP contribution in [0.2, 0.25) is 0 Å². The number of aromatic nitrogens is 2. The quantitative estimate of drug-likeness (QED) is 0.564. The standard InChI is InChI=1S/C24H31F3N4O/c1-4-5-6-10-22(32)30-11-13-31(14-12-30)23-21(17(2)28-18(3)29-23)16-19-8-7-9-20(15-19)24(25,26)27/h7-9,15H,4-6,10-14,16H2,1-3H3. The number of aryl methyl sites for hydroxylation is 2. The normalized spacial score (nSPS) is 14.7. The molecule has 1 aromatic heterocycles. The number of hydrogen-bond acceptors (Lipinski definition) is 4. The van der Waals surface area contributed by atoms with E-state index in [1.165, 1.54) is 12.1 Å². The molecule has 0 N–H and O–H groups in total. The van der Waals surface area contributed by atoms with E-state index >= 15 is 0 Å². The van der Waals surface area contributed by atoms with E-state index in [0.29, 0.717) is 50.4 Å². The van der Waals surface area contributed by atoms with E-state index in [2.05, 4.69) is 21.8 Å². The van der Waals surface area contributed by atoms with Crippen LogP contribution < -0.4 is 4.90 Å². The summed E-state index contributed by atoms with van der Waals surface area (Å²) in [5, 5.41) is 0. The van der Waals surface area contributed by atoms with Crippen molar-refractivity contribution in [3.8, 4) is 0 Å². The Morgan fingerprint density at radius 3 is 2.44 bits per heavy atom. The molecule has 2 aromatic rings. The fraction of sp³-hybridized carbons (Fsp3) is 0.542. The molecule has 0 saturated carbocycles. The van der Waals surface area contributed by atoms with Crippen LogP contribution in [0.1, 0.15) is 60.8 Å². The van der Waals surface area contributed by atoms with Crippen LogP contribution >= 0.6 is 0 Å². The molecule has 2 heterocycles. The highest BCUT2D eigenvalue weighted by Crippen LogP contribution is 2.31. The van der Waals surface area contributed by atoms with Gasteiger partial charge >= 0.3 is 6.18 Å². The van der Waals surface area contributed by atoms with Crippen molar-refractivity contribution in [3.63, 3.8) is 0 Å². The summed E-state index contributed by atoms with van der Waals surface area (Å²) in [4.78, 5) is 25.6. The molecular formula is C24H31F3N4O. The number of piperazine rings is 1. The summed E-state index contributed by atoms with van der Waals surface area (Å²) >= 11 is 0. The maximum absolute atomic E-state index is 13.1. The van der Waals surface area contributed by atoms with Gasteiger partial charge in [-0.2, -0.15) is 13.2 Å². The maximum Gasteiger partial charge on any atom is 0.416 e. The van der Waals surface area contributed by atoms with E-state index in [1.54, 1.807) is 6.07 Å². The number of hydrogen-bond donors (Lipinski definition) is 0. The van der Waals surface area contributed by atoms with E-state index in [1.807, 2.05) is 18.7 Å². The maximum atomic E-state index is 13.1. The van der Waals surface area contributed by atoms with Gasteiger partial charge < -0.3 is 9.80 Å². The number of carbonyl (C=O) groups excluding carboxylic acids is 1. The van der Waals surface area contributed by atoms with E-state index in [4.69, 9.17) is 0 Å². The lowest BCUT2D eigenvalue weighted by Crippen LogP contribution is -2.49. The molecule has 0 bridgehead atoms. The number of alkyl halides is 3. The van der Waals surface area contributed by atoms with Crippen LogP contribution in [0, 0.1) is 13.8 Å². The molecule has 0 unspecified atom stereocenters. The molecule has 1 aliphatic rings. The fourth-order valence-electron chi connectivity index (χ4n) is 4.10. The average molecular weight is 449 g/mol. The third-order valence-corrected chi connectivity index (χ3v) is 5.87. The van der Waals surface area contributed by atoms with Gasteiger partial charge in [0.2, 0.25) is 5.91 Å². The minimum absolute atomic E-state index is 0.192. The van der Waals surface area contributed by atoms with Gasteiger partial charge in [-0.05, 0) is 31.9 Å². The van der Waals surface area contributed by atoms with Gasteiger partial charge in [-0.25, -0.2) is 9.97 Å². The zero-order valence-corrected chi connectivity index (χ0v) is 19.0. The van der Waals surface area contributed by atoms with Crippen LogP contribution in [-0.2, 0) is 17.4 Å². The summed E-state index contributed by atoms with van der Waals surface area (Å²) < 4.78 is 39.4. The Labute approximate surface area is 187 Å². The van der Waals surface area contributed by atoms with Gasteiger partial charge in [0.05, 0.1) is 5.56 Å². The number of carbonyl (C=O) groups is 1. The highest BCUT2D eigenvalue weighted by Gasteiger charge is 2.30. The van der Waals surface area contributed by atoms with Crippen molar-refractivity contribution >= 4 is 11.7 Å². The van der Waals surface area contributed by atoms with Crippen molar-refractivity contribution in [2.75, 3.05) is 31.1 Å². The number of rotatable bonds is 7. The monoisotopic (exact) mass is 448 g/mol. The van der Waals surface area contributed by atoms with E-state index < -0.39 is 11.7 Å². The molecule has 1 fully saturated rings. The minimum atomic E-state index is -4.38. The Kier molecular flexibility index (Phi) is 7.74. The van der Waals surface area contributed by atoms with Crippen molar-refractivity contribution < 1.29 is 18.0 Å². The summed E-state index contributed by atoms with van der Waals surface area (Å²) in [7, 11) is 0. The van der Waals surface area contributed by atoms with Crippen LogP contribution in [0.3, 0.4) is 0 Å². The molecule has 0 atom stereocenters. The second-order valence-corrected chi connectivity index (χ2v) is 8.36. The molecule has 32 heavy (non-hydrogen) atoms. The zero-order chi connectivity index (χ0) is 23.3. The van der Waals surface area contributed by atoms with Crippen molar-refractivity contribution in [1.82, 2.24) is 14.9 Å². The summed E-state index contributed by atoms with van der Waals surface area (Å²) in [6.07, 6.45) is -0.410. The Morgan fingerprint density at radius 2 is 1.78 bits per heavy atom. The van der Waals surface area contributed by atoms with Gasteiger partial charge in [-0.15, -0.1) is 0 Å². The molecule has 1 amide bonds. The van der Waals surface area contributed by atoms with Gasteiger partial charge in [-0.1, -0.05) is 38.0 Å². The number of amides is 1. The lowest BCUT2D eigenvalue weighted by Gasteiger charge is -2.36. The summed E-state index contributed by atoms with van der Waals surface area (Å²) in [5.74, 6) is 1.58. The molecule has 1 saturated heterocycles. The Bertz CT molecular complexity index is 937. The molecule has 8 heteroatoms. The Balaban J connectivity index is 1.77. The van der Waals surface area contributed by atoms with E-state index in [0.717, 1.165) is 42.4 Å². The lowest BCUT2D eigenvalue weighted by molar-refractivity contribution is -0.137. The second kappa shape index (κ2) is 10.3. The van der Waals surface area contributed by atoms with Crippen LogP contribution in [-0.4, -0.2) is 47.0 Å². The molecular weight excluding hydrogens is 417 g/mol. The van der Waals surface area contributed by atoms with Crippen LogP contribution in [0.25, 0.3) is 0 Å². The molecule has 1 aliphatic heterocycles. The summed E-state index contributed by atoms with van der Waals surface area (Å²) in [6.45, 7) is 8.33. The number of halogens is 3. The molecule has 0 radical (unpaired) electrons. The first-order chi connectivity index (χ1) is 15.2. The molecule has 174 valence electrons. The van der Waals surface area contributed by atoms with Crippen molar-refractivity contribution in [3.05, 3.63) is 52.5 Å². The molecule has 0 aliphatic carbocycles. The predicted molar refractivity (Wildman–Crippen MR) is 119 cm³/mol. The SMILES string of the molecule is CCCCCC(=O)N1CCN(c2nc(C)nc(C)c2Cc2cccc(C(F)(F)F)c2)CC1. The highest BCUT2D eigenvalue weighted by molar-refractivity contribution is 5.76. The smallest absolute Gasteiger partial charge is 0.353 e. The van der Waals surface area contributed by atoms with Crippen LogP contribution in [0.5, 0.6) is 0 Å². The topological polar surface area (TPSA) is 49.3 Å². The summed E-state index contributed by atoms with van der Waals surface area (Å²) in [6, 6.07) is 5.41. The van der Waals surface area contributed by atoms with E-state index in [9.17, 15) is 18.0 Å². The highest BCUT2D eigenvalue weighted by atomic mass is 19.4. The molecule has 1 aromatic carbocycles. The molecule has 3 rings (SSSR count). The van der Waals surface area contributed by atoms with Gasteiger partial charge in [-0.3, -0.25) is 4.79 Å². The zero-order valence-electron chi connectivity index (χ0n) is 19.0. The lowest BCUT2D eigenvalue weighted by atomic mass is 10.0. The van der Waals surface area contributed by atoms with E-state index in [-0.39, 0.29) is 5.91 Å². The first kappa shape index (κ1) is 24.0. The first-order valence-electron chi connectivity index (χ1n) is 11.2. The van der Waals surface area contributed by atoms with Gasteiger partial charge in [0.25, 0.3) is 0 Å². The Morgan fingerprint density at radius 1 is 1.06 bits per heavy atom. The predicted octanol–water partition coefficient (Wildman–Crippen LogP) is 4.93. The van der Waals surface area contributed by atoms with Crippen molar-refractivity contribution in [2.45, 2.75) is 59.1 Å². The van der Waals surface area contributed by atoms with Gasteiger partial charge in [0, 0.05) is 50.3 Å². The fourth-order valence-corrected chi connectivity index (χ4v) is 4.10. The average Bonchev–Trinajstić information content (AvgIpc) is 2.75. The Hall–Kier alpha value is -2.64. The third-order valence-electron chi connectivity index (χ3n) is 5.87. The van der Waals surface area contributed by atoms with Gasteiger partial charge in [0.15, 0.2) is 0 Å². The second-order valence-electron chi connectivity index (χ2n) is 8.36. The molecule has 0 spiro atoms. The van der Waals surface area contributed by atoms with Crippen LogP contribution in [0.4, 0.5) is 19.0 Å². The molecule has 5 nitrogen and oxygen atoms in total. The third kappa shape index (κ3) is 5.99. The van der Waals surface area contributed by atoms with Crippen LogP contribution in [0.15, 0.2) is 24.3 Å². The number of unbranched alkanes of at least 4 members (excludes halogenated alkanes) is 2. The van der Waals surface area contributed by atoms with Crippen molar-refractivity contribution in [2.24, 2.45) is 0 Å². The summed E-state index contributed by atoms with van der Waals surface area (Å²) in [5.41, 5.74) is 1.51. The first-order valence-corrected chi connectivity index (χ1v) is 11.2. The van der Waals surface area contributed by atoms with Gasteiger partial charge in [0.1, 0.15) is 11.6 Å².